The van der Waals surface area contributed by atoms with E-state index in [4.69, 9.17) is 0 Å². The summed E-state index contributed by atoms with van der Waals surface area (Å²) in [6.45, 7) is 3.49. The normalized spacial score (nSPS) is 24.6. The Balaban J connectivity index is 2.20. The Bertz CT molecular complexity index is 394. The molecule has 0 aliphatic carbocycles. The van der Waals surface area contributed by atoms with Crippen molar-refractivity contribution in [2.75, 3.05) is 18.0 Å². The second kappa shape index (κ2) is 4.73. The minimum atomic E-state index is -0.668. The van der Waals surface area contributed by atoms with Gasteiger partial charge in [0.25, 0.3) is 0 Å². The zero-order valence-electron chi connectivity index (χ0n) is 10.1. The monoisotopic (exact) mass is 234 g/mol. The summed E-state index contributed by atoms with van der Waals surface area (Å²) < 4.78 is 0. The minimum absolute atomic E-state index is 0.582. The van der Waals surface area contributed by atoms with E-state index in [1.165, 1.54) is 0 Å². The van der Waals surface area contributed by atoms with Gasteiger partial charge in [0.1, 0.15) is 0 Å². The molecule has 0 bridgehead atoms. The maximum Gasteiger partial charge on any atom is 0.311 e. The fourth-order valence-corrected chi connectivity index (χ4v) is 2.52. The number of rotatable bonds is 3. The average molecular weight is 234 g/mol. The number of aliphatic carboxylic acids is 1. The Kier molecular flexibility index (Phi) is 3.31. The van der Waals surface area contributed by atoms with Crippen molar-refractivity contribution in [1.82, 2.24) is 4.98 Å². The van der Waals surface area contributed by atoms with Crippen molar-refractivity contribution in [1.29, 1.82) is 0 Å². The second-order valence-corrected chi connectivity index (χ2v) is 4.67. The predicted octanol–water partition coefficient (Wildman–Crippen LogP) is 2.16. The lowest BCUT2D eigenvalue weighted by Crippen LogP contribution is -2.47. The number of carboxylic acid groups (broad SMARTS) is 1. The van der Waals surface area contributed by atoms with Crippen molar-refractivity contribution in [3.63, 3.8) is 0 Å². The van der Waals surface area contributed by atoms with Gasteiger partial charge in [0.2, 0.25) is 0 Å². The number of carboxylic acids is 1. The summed E-state index contributed by atoms with van der Waals surface area (Å²) >= 11 is 0. The van der Waals surface area contributed by atoms with Crippen LogP contribution in [0.25, 0.3) is 0 Å². The highest BCUT2D eigenvalue weighted by atomic mass is 16.4. The zero-order chi connectivity index (χ0) is 12.3. The molecular formula is C13H18N2O2. The maximum absolute atomic E-state index is 11.4. The van der Waals surface area contributed by atoms with Crippen LogP contribution in [0.1, 0.15) is 26.2 Å². The number of piperidine rings is 1. The topological polar surface area (TPSA) is 53.4 Å². The Labute approximate surface area is 101 Å². The van der Waals surface area contributed by atoms with Crippen molar-refractivity contribution in [2.45, 2.75) is 26.2 Å². The van der Waals surface area contributed by atoms with Crippen molar-refractivity contribution in [3.05, 3.63) is 24.5 Å². The van der Waals surface area contributed by atoms with Crippen LogP contribution in [0.5, 0.6) is 0 Å². The molecule has 17 heavy (non-hydrogen) atoms. The van der Waals surface area contributed by atoms with E-state index in [0.717, 1.165) is 25.1 Å². The van der Waals surface area contributed by atoms with Gasteiger partial charge >= 0.3 is 5.97 Å². The van der Waals surface area contributed by atoms with Gasteiger partial charge in [0.15, 0.2) is 0 Å². The first kappa shape index (κ1) is 11.9. The molecule has 4 nitrogen and oxygen atoms in total. The van der Waals surface area contributed by atoms with E-state index in [-0.39, 0.29) is 0 Å². The van der Waals surface area contributed by atoms with Crippen molar-refractivity contribution >= 4 is 11.7 Å². The molecule has 0 amide bonds. The molecule has 1 aliphatic rings. The molecule has 1 atom stereocenters. The van der Waals surface area contributed by atoms with Crippen LogP contribution >= 0.6 is 0 Å². The standard InChI is InChI=1S/C13H18N2O2/c1-2-13(12(16)17)6-3-9-15(10-13)11-4-7-14-8-5-11/h4-5,7-8H,2-3,6,9-10H2,1H3,(H,16,17). The summed E-state index contributed by atoms with van der Waals surface area (Å²) in [5.41, 5.74) is 0.486. The van der Waals surface area contributed by atoms with Gasteiger partial charge < -0.3 is 10.0 Å². The molecule has 2 heterocycles. The Morgan fingerprint density at radius 2 is 2.24 bits per heavy atom. The molecule has 1 aromatic heterocycles. The third kappa shape index (κ3) is 2.25. The second-order valence-electron chi connectivity index (χ2n) is 4.67. The highest BCUT2D eigenvalue weighted by Crippen LogP contribution is 2.35. The molecule has 1 aromatic rings. The Morgan fingerprint density at radius 1 is 1.53 bits per heavy atom. The number of nitrogens with zero attached hydrogens (tertiary/aromatic N) is 2. The van der Waals surface area contributed by atoms with Crippen molar-refractivity contribution in [2.24, 2.45) is 5.41 Å². The van der Waals surface area contributed by atoms with Crippen LogP contribution in [0.2, 0.25) is 0 Å². The average Bonchev–Trinajstić information content (AvgIpc) is 2.39. The number of carbonyl (C=O) groups is 1. The first-order chi connectivity index (χ1) is 8.18. The molecule has 1 N–H and O–H groups in total. The van der Waals surface area contributed by atoms with Crippen molar-refractivity contribution in [3.8, 4) is 0 Å². The summed E-state index contributed by atoms with van der Waals surface area (Å²) in [5.74, 6) is -0.668. The molecule has 0 aromatic carbocycles. The van der Waals surface area contributed by atoms with Gasteiger partial charge in [-0.25, -0.2) is 0 Å². The lowest BCUT2D eigenvalue weighted by molar-refractivity contribution is -0.149. The first-order valence-electron chi connectivity index (χ1n) is 6.06. The predicted molar refractivity (Wildman–Crippen MR) is 66.0 cm³/mol. The summed E-state index contributed by atoms with van der Waals surface area (Å²) in [5, 5.41) is 9.41. The summed E-state index contributed by atoms with van der Waals surface area (Å²) in [6.07, 6.45) is 5.89. The van der Waals surface area contributed by atoms with E-state index in [0.29, 0.717) is 13.0 Å². The molecule has 4 heteroatoms. The third-order valence-electron chi connectivity index (χ3n) is 3.74. The number of pyridine rings is 1. The first-order valence-corrected chi connectivity index (χ1v) is 6.06. The number of aromatic nitrogens is 1. The number of hydrogen-bond acceptors (Lipinski definition) is 3. The van der Waals surface area contributed by atoms with E-state index in [2.05, 4.69) is 9.88 Å². The summed E-state index contributed by atoms with van der Waals surface area (Å²) in [4.78, 5) is 17.6. The van der Waals surface area contributed by atoms with Gasteiger partial charge in [-0.1, -0.05) is 6.92 Å². The molecule has 0 spiro atoms. The molecule has 1 saturated heterocycles. The van der Waals surface area contributed by atoms with E-state index in [1.54, 1.807) is 12.4 Å². The van der Waals surface area contributed by atoms with Crippen LogP contribution in [0.4, 0.5) is 5.69 Å². The minimum Gasteiger partial charge on any atom is -0.481 e. The van der Waals surface area contributed by atoms with Crippen LogP contribution in [-0.4, -0.2) is 29.1 Å². The van der Waals surface area contributed by atoms with Crippen LogP contribution in [-0.2, 0) is 4.79 Å². The highest BCUT2D eigenvalue weighted by molar-refractivity contribution is 5.76. The lowest BCUT2D eigenvalue weighted by atomic mass is 9.77. The quantitative estimate of drug-likeness (QED) is 0.870. The molecular weight excluding hydrogens is 216 g/mol. The zero-order valence-corrected chi connectivity index (χ0v) is 10.1. The van der Waals surface area contributed by atoms with Gasteiger partial charge in [-0.05, 0) is 31.4 Å². The Morgan fingerprint density at radius 3 is 2.82 bits per heavy atom. The molecule has 0 radical (unpaired) electrons. The fraction of sp³-hybridized carbons (Fsp3) is 0.538. The maximum atomic E-state index is 11.4. The molecule has 0 saturated carbocycles. The molecule has 1 aliphatic heterocycles. The molecule has 1 unspecified atom stereocenters. The molecule has 1 fully saturated rings. The van der Waals surface area contributed by atoms with Gasteiger partial charge in [-0.3, -0.25) is 9.78 Å². The van der Waals surface area contributed by atoms with Crippen LogP contribution in [0.3, 0.4) is 0 Å². The van der Waals surface area contributed by atoms with Crippen LogP contribution < -0.4 is 4.90 Å². The Hall–Kier alpha value is -1.58. The number of anilines is 1. The van der Waals surface area contributed by atoms with Gasteiger partial charge in [0, 0.05) is 31.2 Å². The van der Waals surface area contributed by atoms with Crippen molar-refractivity contribution < 1.29 is 9.90 Å². The largest absolute Gasteiger partial charge is 0.481 e. The van der Waals surface area contributed by atoms with Crippen LogP contribution in [0, 0.1) is 5.41 Å². The summed E-state index contributed by atoms with van der Waals surface area (Å²) in [6, 6.07) is 3.88. The van der Waals surface area contributed by atoms with E-state index in [9.17, 15) is 9.90 Å². The molecule has 2 rings (SSSR count). The van der Waals surface area contributed by atoms with Crippen LogP contribution in [0.15, 0.2) is 24.5 Å². The third-order valence-corrected chi connectivity index (χ3v) is 3.74. The highest BCUT2D eigenvalue weighted by Gasteiger charge is 2.40. The molecule has 92 valence electrons. The van der Waals surface area contributed by atoms with Gasteiger partial charge in [-0.2, -0.15) is 0 Å². The SMILES string of the molecule is CCC1(C(=O)O)CCCN(c2ccncc2)C1. The smallest absolute Gasteiger partial charge is 0.311 e. The van der Waals surface area contributed by atoms with E-state index < -0.39 is 11.4 Å². The summed E-state index contributed by atoms with van der Waals surface area (Å²) in [7, 11) is 0. The lowest BCUT2D eigenvalue weighted by Gasteiger charge is -2.40. The van der Waals surface area contributed by atoms with E-state index >= 15 is 0 Å². The fourth-order valence-electron chi connectivity index (χ4n) is 2.52. The van der Waals surface area contributed by atoms with Gasteiger partial charge in [-0.15, -0.1) is 0 Å². The van der Waals surface area contributed by atoms with E-state index in [1.807, 2.05) is 19.1 Å². The number of hydrogen-bond donors (Lipinski definition) is 1. The van der Waals surface area contributed by atoms with Gasteiger partial charge in [0.05, 0.1) is 5.41 Å².